The molecule has 3 nitrogen and oxygen atoms in total. The fourth-order valence-electron chi connectivity index (χ4n) is 2.12. The summed E-state index contributed by atoms with van der Waals surface area (Å²) in [5.41, 5.74) is 0.654. The number of carboxylic acids is 1. The first-order valence-electron chi connectivity index (χ1n) is 6.47. The molecule has 0 N–H and O–H groups in total. The van der Waals surface area contributed by atoms with Crippen LogP contribution in [-0.2, 0) is 0 Å². The smallest absolute Gasteiger partial charge is 0.542 e. The van der Waals surface area contributed by atoms with Crippen molar-refractivity contribution in [3.8, 4) is 0 Å². The van der Waals surface area contributed by atoms with Gasteiger partial charge in [-0.3, -0.25) is 0 Å². The number of carbonyl (C=O) groups is 1. The summed E-state index contributed by atoms with van der Waals surface area (Å²) >= 11 is 0. The molecule has 5 heteroatoms. The van der Waals surface area contributed by atoms with E-state index in [9.17, 15) is 9.90 Å². The molecule has 0 bridgehead atoms. The third-order valence-corrected chi connectivity index (χ3v) is 5.35. The Labute approximate surface area is 141 Å². The third-order valence-electron chi connectivity index (χ3n) is 3.04. The second-order valence-electron chi connectivity index (χ2n) is 4.43. The van der Waals surface area contributed by atoms with E-state index >= 15 is 0 Å². The Morgan fingerprint density at radius 1 is 0.818 bits per heavy atom. The number of benzene rings is 2. The summed E-state index contributed by atoms with van der Waals surface area (Å²) < 4.78 is 5.48. The molecule has 0 radical (unpaired) electrons. The van der Waals surface area contributed by atoms with Gasteiger partial charge in [-0.25, -0.2) is 0 Å². The Hall–Kier alpha value is -1.78. The van der Waals surface area contributed by atoms with Crippen LogP contribution in [0.2, 0.25) is 0 Å². The molecule has 1 heterocycles. The van der Waals surface area contributed by atoms with Crippen molar-refractivity contribution in [2.75, 3.05) is 0 Å². The zero-order chi connectivity index (χ0) is 14.7. The SMILES string of the molecule is O=C([O-])c1ccc(P(c2ccccc2)c2ccccc2)o1.[Li+]. The van der Waals surface area contributed by atoms with E-state index in [2.05, 4.69) is 0 Å². The van der Waals surface area contributed by atoms with Crippen LogP contribution in [-0.4, -0.2) is 5.97 Å². The van der Waals surface area contributed by atoms with Crippen molar-refractivity contribution >= 4 is 30.0 Å². The molecule has 3 rings (SSSR count). The number of rotatable bonds is 4. The predicted molar refractivity (Wildman–Crippen MR) is 81.7 cm³/mol. The van der Waals surface area contributed by atoms with Crippen LogP contribution in [0.15, 0.2) is 77.2 Å². The summed E-state index contributed by atoms with van der Waals surface area (Å²) in [4.78, 5) is 10.9. The maximum absolute atomic E-state index is 10.9. The van der Waals surface area contributed by atoms with E-state index in [1.165, 1.54) is 6.07 Å². The van der Waals surface area contributed by atoms with Gasteiger partial charge < -0.3 is 14.3 Å². The first-order chi connectivity index (χ1) is 10.3. The monoisotopic (exact) mass is 302 g/mol. The molecule has 0 aliphatic rings. The van der Waals surface area contributed by atoms with Crippen molar-refractivity contribution in [3.05, 3.63) is 78.6 Å². The normalized spacial score (nSPS) is 10.2. The van der Waals surface area contributed by atoms with Gasteiger partial charge in [-0.15, -0.1) is 0 Å². The minimum Gasteiger partial charge on any atom is -0.542 e. The van der Waals surface area contributed by atoms with Crippen LogP contribution < -0.4 is 40.1 Å². The molecule has 104 valence electrons. The van der Waals surface area contributed by atoms with Gasteiger partial charge in [-0.05, 0) is 22.7 Å². The first kappa shape index (κ1) is 16.6. The van der Waals surface area contributed by atoms with Crippen molar-refractivity contribution in [1.29, 1.82) is 0 Å². The summed E-state index contributed by atoms with van der Waals surface area (Å²) in [5, 5.41) is 13.1. The van der Waals surface area contributed by atoms with Crippen molar-refractivity contribution in [2.24, 2.45) is 0 Å². The number of aromatic carboxylic acids is 1. The Balaban J connectivity index is 0.00000176. The van der Waals surface area contributed by atoms with Gasteiger partial charge in [0.15, 0.2) is 0 Å². The molecule has 0 amide bonds. The zero-order valence-corrected chi connectivity index (χ0v) is 13.0. The number of hydrogen-bond donors (Lipinski definition) is 0. The van der Waals surface area contributed by atoms with Crippen LogP contribution in [0.1, 0.15) is 10.6 Å². The number of carboxylic acid groups (broad SMARTS) is 1. The Morgan fingerprint density at radius 3 is 1.73 bits per heavy atom. The average Bonchev–Trinajstić information content (AvgIpc) is 3.00. The van der Waals surface area contributed by atoms with Crippen LogP contribution in [0.25, 0.3) is 0 Å². The van der Waals surface area contributed by atoms with E-state index in [0.717, 1.165) is 10.6 Å². The van der Waals surface area contributed by atoms with Crippen LogP contribution >= 0.6 is 7.92 Å². The maximum atomic E-state index is 10.9. The average molecular weight is 302 g/mol. The molecule has 2 aromatic carbocycles. The summed E-state index contributed by atoms with van der Waals surface area (Å²) in [6.45, 7) is 0. The number of hydrogen-bond acceptors (Lipinski definition) is 3. The molecule has 0 aliphatic heterocycles. The van der Waals surface area contributed by atoms with E-state index in [1.54, 1.807) is 6.07 Å². The molecule has 3 aromatic rings. The summed E-state index contributed by atoms with van der Waals surface area (Å²) in [7, 11) is -0.908. The Kier molecular flexibility index (Phi) is 5.63. The topological polar surface area (TPSA) is 53.3 Å². The minimum atomic E-state index is -1.29. The Bertz CT molecular complexity index is 701. The molecular weight excluding hydrogens is 290 g/mol. The van der Waals surface area contributed by atoms with Gasteiger partial charge in [-0.2, -0.15) is 0 Å². The maximum Gasteiger partial charge on any atom is 1.00 e. The predicted octanol–water partition coefficient (Wildman–Crippen LogP) is -1.59. The quantitative estimate of drug-likeness (QED) is 0.431. The van der Waals surface area contributed by atoms with Crippen molar-refractivity contribution in [2.45, 2.75) is 0 Å². The Morgan fingerprint density at radius 2 is 1.32 bits per heavy atom. The van der Waals surface area contributed by atoms with E-state index in [4.69, 9.17) is 4.42 Å². The molecule has 0 spiro atoms. The van der Waals surface area contributed by atoms with Crippen LogP contribution in [0.3, 0.4) is 0 Å². The summed E-state index contributed by atoms with van der Waals surface area (Å²) in [6.07, 6.45) is 0. The van der Waals surface area contributed by atoms with Gasteiger partial charge in [0.1, 0.15) is 17.2 Å². The molecule has 22 heavy (non-hydrogen) atoms. The molecule has 1 aromatic heterocycles. The molecule has 0 saturated carbocycles. The summed E-state index contributed by atoms with van der Waals surface area (Å²) in [6, 6.07) is 23.1. The second kappa shape index (κ2) is 7.47. The molecule has 0 atom stereocenters. The van der Waals surface area contributed by atoms with Gasteiger partial charge in [0.2, 0.25) is 0 Å². The summed E-state index contributed by atoms with van der Waals surface area (Å²) in [5.74, 6) is -1.43. The second-order valence-corrected chi connectivity index (χ2v) is 6.58. The largest absolute Gasteiger partial charge is 1.00 e. The molecule has 0 fully saturated rings. The van der Waals surface area contributed by atoms with Gasteiger partial charge in [0.25, 0.3) is 0 Å². The first-order valence-corrected chi connectivity index (χ1v) is 7.81. The standard InChI is InChI=1S/C17H13O3P.Li/c18-17(19)15-11-12-16(20-15)21(13-7-3-1-4-8-13)14-9-5-2-6-10-14;/h1-12H,(H,18,19);/q;+1/p-1. The van der Waals surface area contributed by atoms with Gasteiger partial charge in [0, 0.05) is 7.92 Å². The fourth-order valence-corrected chi connectivity index (χ4v) is 4.28. The van der Waals surface area contributed by atoms with E-state index < -0.39 is 13.9 Å². The van der Waals surface area contributed by atoms with E-state index in [-0.39, 0.29) is 24.6 Å². The van der Waals surface area contributed by atoms with E-state index in [0.29, 0.717) is 5.50 Å². The minimum absolute atomic E-state index is 0. The van der Waals surface area contributed by atoms with Crippen molar-refractivity contribution in [1.82, 2.24) is 0 Å². The van der Waals surface area contributed by atoms with Gasteiger partial charge in [-0.1, -0.05) is 60.7 Å². The fraction of sp³-hybridized carbons (Fsp3) is 0. The molecular formula is C17H12LiO3P. The number of carbonyl (C=O) groups excluding carboxylic acids is 1. The van der Waals surface area contributed by atoms with Crippen molar-refractivity contribution < 1.29 is 33.2 Å². The molecule has 0 aliphatic carbocycles. The molecule has 0 saturated heterocycles. The van der Waals surface area contributed by atoms with Crippen LogP contribution in [0.5, 0.6) is 0 Å². The van der Waals surface area contributed by atoms with Crippen molar-refractivity contribution in [3.63, 3.8) is 0 Å². The zero-order valence-electron chi connectivity index (χ0n) is 12.1. The van der Waals surface area contributed by atoms with Gasteiger partial charge in [0.05, 0.1) is 0 Å². The van der Waals surface area contributed by atoms with Crippen LogP contribution in [0, 0.1) is 0 Å². The van der Waals surface area contributed by atoms with Gasteiger partial charge >= 0.3 is 18.9 Å². The van der Waals surface area contributed by atoms with Crippen LogP contribution in [0.4, 0.5) is 0 Å². The third kappa shape index (κ3) is 3.51. The van der Waals surface area contributed by atoms with E-state index in [1.807, 2.05) is 60.7 Å². The molecule has 0 unspecified atom stereocenters. The number of furan rings is 1.